The highest BCUT2D eigenvalue weighted by atomic mass is 35.5. The van der Waals surface area contributed by atoms with E-state index in [-0.39, 0.29) is 0 Å². The molecule has 1 saturated carbocycles. The molecule has 3 aliphatic rings. The summed E-state index contributed by atoms with van der Waals surface area (Å²) in [6, 6.07) is 10.5. The molecule has 0 amide bonds. The number of hydrogen-bond donors (Lipinski definition) is 4. The van der Waals surface area contributed by atoms with Crippen molar-refractivity contribution in [3.8, 4) is 5.75 Å². The molecule has 4 N–H and O–H groups in total. The van der Waals surface area contributed by atoms with Crippen molar-refractivity contribution in [3.05, 3.63) is 63.2 Å². The van der Waals surface area contributed by atoms with Gasteiger partial charge in [-0.3, -0.25) is 0 Å². The van der Waals surface area contributed by atoms with Crippen LogP contribution in [0.4, 0.5) is 0 Å². The molecule has 2 aromatic carbocycles. The van der Waals surface area contributed by atoms with Gasteiger partial charge in [0.2, 0.25) is 0 Å². The van der Waals surface area contributed by atoms with E-state index in [0.29, 0.717) is 35.3 Å². The number of ether oxygens (including phenoxy) is 2. The monoisotopic (exact) mass is 460 g/mol. The van der Waals surface area contributed by atoms with Gasteiger partial charge in [0.15, 0.2) is 0 Å². The van der Waals surface area contributed by atoms with Crippen molar-refractivity contribution in [2.75, 3.05) is 13.2 Å². The summed E-state index contributed by atoms with van der Waals surface area (Å²) in [6.07, 6.45) is -1.43. The molecule has 172 valence electrons. The van der Waals surface area contributed by atoms with Gasteiger partial charge in [0.1, 0.15) is 36.3 Å². The van der Waals surface area contributed by atoms with E-state index in [1.807, 2.05) is 6.07 Å². The van der Waals surface area contributed by atoms with Crippen LogP contribution in [-0.2, 0) is 17.6 Å². The molecule has 0 spiro atoms. The van der Waals surface area contributed by atoms with Gasteiger partial charge < -0.3 is 29.9 Å². The molecule has 6 nitrogen and oxygen atoms in total. The van der Waals surface area contributed by atoms with Crippen LogP contribution in [0.25, 0.3) is 0 Å². The fourth-order valence-electron chi connectivity index (χ4n) is 4.84. The maximum Gasteiger partial charge on any atom is 0.129 e. The lowest BCUT2D eigenvalue weighted by molar-refractivity contribution is -0.232. The molecule has 7 heteroatoms. The first-order chi connectivity index (χ1) is 15.5. The number of aliphatic hydroxyl groups excluding tert-OH is 4. The van der Waals surface area contributed by atoms with Gasteiger partial charge >= 0.3 is 0 Å². The predicted molar refractivity (Wildman–Crippen MR) is 119 cm³/mol. The van der Waals surface area contributed by atoms with Crippen LogP contribution in [0.3, 0.4) is 0 Å². The van der Waals surface area contributed by atoms with Crippen LogP contribution in [0.5, 0.6) is 5.75 Å². The minimum absolute atomic E-state index is 0.474. The number of halogens is 1. The molecule has 5 rings (SSSR count). The van der Waals surface area contributed by atoms with Crippen molar-refractivity contribution in [2.45, 2.75) is 68.5 Å². The second-order valence-corrected chi connectivity index (χ2v) is 9.52. The third-order valence-corrected chi connectivity index (χ3v) is 7.32. The third-order valence-electron chi connectivity index (χ3n) is 6.85. The smallest absolute Gasteiger partial charge is 0.129 e. The summed E-state index contributed by atoms with van der Waals surface area (Å²) in [7, 11) is 0. The summed E-state index contributed by atoms with van der Waals surface area (Å²) < 4.78 is 11.8. The van der Waals surface area contributed by atoms with Crippen molar-refractivity contribution in [3.63, 3.8) is 0 Å². The van der Waals surface area contributed by atoms with Crippen LogP contribution in [0.1, 0.15) is 59.1 Å². The lowest BCUT2D eigenvalue weighted by Crippen LogP contribution is -2.55. The van der Waals surface area contributed by atoms with Crippen molar-refractivity contribution >= 4 is 11.6 Å². The number of rotatable bonds is 5. The van der Waals surface area contributed by atoms with E-state index >= 15 is 0 Å². The molecular weight excluding hydrogens is 432 g/mol. The Balaban J connectivity index is 1.52. The standard InChI is InChI=1S/C25H29ClO6/c26-20-16(10-13-3-5-14(6-4-13)15-7-8-15)11-18(24-17(20)2-1-9-31-24)25-23(30)22(29)21(28)19(12-27)32-25/h3-6,11,15,19,21-23,25,27-30H,1-2,7-10,12H2/t19-,21-,22+,23-,25+/m0/s1. The zero-order chi connectivity index (χ0) is 22.4. The van der Waals surface area contributed by atoms with Crippen molar-refractivity contribution < 1.29 is 29.9 Å². The van der Waals surface area contributed by atoms with Gasteiger partial charge in [-0.05, 0) is 60.8 Å². The van der Waals surface area contributed by atoms with Crippen LogP contribution in [0.2, 0.25) is 5.02 Å². The van der Waals surface area contributed by atoms with Gasteiger partial charge in [0.25, 0.3) is 0 Å². The average Bonchev–Trinajstić information content (AvgIpc) is 3.66. The number of benzene rings is 2. The van der Waals surface area contributed by atoms with Gasteiger partial charge in [0, 0.05) is 11.1 Å². The number of fused-ring (bicyclic) bond motifs is 1. The molecule has 2 heterocycles. The van der Waals surface area contributed by atoms with E-state index in [0.717, 1.165) is 29.5 Å². The molecule has 0 bridgehead atoms. The molecule has 1 aliphatic carbocycles. The highest BCUT2D eigenvalue weighted by molar-refractivity contribution is 6.32. The Kier molecular flexibility index (Phi) is 6.18. The SMILES string of the molecule is OC[C@@H]1O[C@H](c2cc(Cc3ccc(C4CC4)cc3)c(Cl)c3c2OCCC3)[C@@H](O)[C@H](O)[C@H]1O. The summed E-state index contributed by atoms with van der Waals surface area (Å²) in [5.74, 6) is 1.27. The Hall–Kier alpha value is -1.67. The van der Waals surface area contributed by atoms with Crippen LogP contribution in [-0.4, -0.2) is 58.1 Å². The van der Waals surface area contributed by atoms with E-state index in [2.05, 4.69) is 24.3 Å². The molecule has 2 aliphatic heterocycles. The van der Waals surface area contributed by atoms with E-state index in [1.54, 1.807) is 0 Å². The zero-order valence-electron chi connectivity index (χ0n) is 17.8. The fraction of sp³-hybridized carbons (Fsp3) is 0.520. The van der Waals surface area contributed by atoms with Gasteiger partial charge in [-0.1, -0.05) is 35.9 Å². The zero-order valence-corrected chi connectivity index (χ0v) is 18.5. The van der Waals surface area contributed by atoms with Crippen LogP contribution in [0.15, 0.2) is 30.3 Å². The first-order valence-electron chi connectivity index (χ1n) is 11.3. The Labute approximate surface area is 192 Å². The van der Waals surface area contributed by atoms with Crippen LogP contribution in [0, 0.1) is 0 Å². The second-order valence-electron chi connectivity index (χ2n) is 9.14. The lowest BCUT2D eigenvalue weighted by Gasteiger charge is -2.41. The first-order valence-corrected chi connectivity index (χ1v) is 11.7. The Morgan fingerprint density at radius 3 is 2.44 bits per heavy atom. The molecule has 1 saturated heterocycles. The van der Waals surface area contributed by atoms with E-state index in [1.165, 1.54) is 18.4 Å². The minimum Gasteiger partial charge on any atom is -0.493 e. The second kappa shape index (κ2) is 8.93. The molecule has 0 unspecified atom stereocenters. The topological polar surface area (TPSA) is 99.4 Å². The van der Waals surface area contributed by atoms with Crippen molar-refractivity contribution in [1.82, 2.24) is 0 Å². The Morgan fingerprint density at radius 1 is 1.00 bits per heavy atom. The molecule has 5 atom stereocenters. The van der Waals surface area contributed by atoms with Crippen LogP contribution >= 0.6 is 11.6 Å². The quantitative estimate of drug-likeness (QED) is 0.547. The molecule has 0 radical (unpaired) electrons. The van der Waals surface area contributed by atoms with Gasteiger partial charge in [-0.25, -0.2) is 0 Å². The van der Waals surface area contributed by atoms with Gasteiger partial charge in [0.05, 0.1) is 18.2 Å². The van der Waals surface area contributed by atoms with E-state index in [4.69, 9.17) is 21.1 Å². The lowest BCUT2D eigenvalue weighted by atomic mass is 9.87. The molecule has 0 aromatic heterocycles. The molecule has 2 fully saturated rings. The predicted octanol–water partition coefficient (Wildman–Crippen LogP) is 2.65. The minimum atomic E-state index is -1.45. The Morgan fingerprint density at radius 2 is 1.75 bits per heavy atom. The van der Waals surface area contributed by atoms with Gasteiger partial charge in [-0.15, -0.1) is 0 Å². The number of hydrogen-bond acceptors (Lipinski definition) is 6. The molecular formula is C25H29ClO6. The number of aliphatic hydroxyl groups is 4. The normalized spacial score (nSPS) is 30.0. The third kappa shape index (κ3) is 4.04. The van der Waals surface area contributed by atoms with Crippen LogP contribution < -0.4 is 4.74 Å². The van der Waals surface area contributed by atoms with Gasteiger partial charge in [-0.2, -0.15) is 0 Å². The highest BCUT2D eigenvalue weighted by Crippen LogP contribution is 2.45. The summed E-state index contributed by atoms with van der Waals surface area (Å²) in [5, 5.41) is 41.4. The highest BCUT2D eigenvalue weighted by Gasteiger charge is 2.45. The Bertz CT molecular complexity index is 971. The summed E-state index contributed by atoms with van der Waals surface area (Å²) >= 11 is 6.81. The largest absolute Gasteiger partial charge is 0.493 e. The van der Waals surface area contributed by atoms with Crippen molar-refractivity contribution in [1.29, 1.82) is 0 Å². The average molecular weight is 461 g/mol. The van der Waals surface area contributed by atoms with Crippen molar-refractivity contribution in [2.24, 2.45) is 0 Å². The maximum atomic E-state index is 10.7. The summed E-state index contributed by atoms with van der Waals surface area (Å²) in [6.45, 7) is 0.0496. The van der Waals surface area contributed by atoms with E-state index in [9.17, 15) is 20.4 Å². The summed E-state index contributed by atoms with van der Waals surface area (Å²) in [4.78, 5) is 0. The molecule has 2 aromatic rings. The van der Waals surface area contributed by atoms with E-state index < -0.39 is 37.1 Å². The first kappa shape index (κ1) is 22.1. The fourth-order valence-corrected chi connectivity index (χ4v) is 5.15. The molecule has 32 heavy (non-hydrogen) atoms. The summed E-state index contributed by atoms with van der Waals surface area (Å²) in [5.41, 5.74) is 4.86. The maximum absolute atomic E-state index is 10.7.